The molecule has 5 rings (SSSR count). The summed E-state index contributed by atoms with van der Waals surface area (Å²) in [5, 5.41) is 23.9. The number of esters is 2. The van der Waals surface area contributed by atoms with Crippen molar-refractivity contribution in [2.75, 3.05) is 6.61 Å². The van der Waals surface area contributed by atoms with Crippen LogP contribution in [0.1, 0.15) is 71.6 Å². The van der Waals surface area contributed by atoms with Gasteiger partial charge in [0.15, 0.2) is 0 Å². The smallest absolute Gasteiger partial charge is 0.331 e. The van der Waals surface area contributed by atoms with Crippen LogP contribution in [0.25, 0.3) is 0 Å². The van der Waals surface area contributed by atoms with E-state index in [4.69, 9.17) is 9.47 Å². The lowest BCUT2D eigenvalue weighted by molar-refractivity contribution is -0.249. The number of hydrogen-bond acceptors (Lipinski definition) is 7. The fourth-order valence-electron chi connectivity index (χ4n) is 8.65. The van der Waals surface area contributed by atoms with Gasteiger partial charge in [0, 0.05) is 24.8 Å². The third kappa shape index (κ3) is 2.76. The average molecular weight is 447 g/mol. The molecule has 4 saturated carbocycles. The number of carbonyl (C=O) groups excluding carboxylic acids is 3. The first-order valence-electron chi connectivity index (χ1n) is 12.0. The maximum absolute atomic E-state index is 12.7. The topological polar surface area (TPSA) is 110 Å². The maximum Gasteiger partial charge on any atom is 0.331 e. The van der Waals surface area contributed by atoms with E-state index < -0.39 is 16.6 Å². The normalized spacial score (nSPS) is 49.9. The number of fused-ring (bicyclic) bond motifs is 5. The molecule has 4 aliphatic carbocycles. The van der Waals surface area contributed by atoms with Crippen molar-refractivity contribution in [2.24, 2.45) is 28.6 Å². The average Bonchev–Trinajstić information content (AvgIpc) is 3.27. The van der Waals surface area contributed by atoms with Gasteiger partial charge in [-0.25, -0.2) is 4.79 Å². The first-order valence-corrected chi connectivity index (χ1v) is 12.0. The monoisotopic (exact) mass is 446 g/mol. The van der Waals surface area contributed by atoms with Crippen LogP contribution in [0.4, 0.5) is 0 Å². The van der Waals surface area contributed by atoms with Gasteiger partial charge < -0.3 is 24.5 Å². The molecule has 8 atom stereocenters. The van der Waals surface area contributed by atoms with Gasteiger partial charge in [-0.1, -0.05) is 6.92 Å². The quantitative estimate of drug-likeness (QED) is 0.506. The maximum atomic E-state index is 12.7. The Kier molecular flexibility index (Phi) is 4.92. The summed E-state index contributed by atoms with van der Waals surface area (Å²) in [6, 6.07) is 0. The van der Waals surface area contributed by atoms with Gasteiger partial charge in [0.05, 0.1) is 16.6 Å². The van der Waals surface area contributed by atoms with Gasteiger partial charge in [0.2, 0.25) is 0 Å². The number of aliphatic hydroxyl groups is 2. The predicted octanol–water partition coefficient (Wildman–Crippen LogP) is 2.47. The predicted molar refractivity (Wildman–Crippen MR) is 113 cm³/mol. The summed E-state index contributed by atoms with van der Waals surface area (Å²) in [6.07, 6.45) is 7.44. The van der Waals surface area contributed by atoms with Crippen LogP contribution in [-0.2, 0) is 23.9 Å². The van der Waals surface area contributed by atoms with Gasteiger partial charge in [-0.15, -0.1) is 0 Å². The highest BCUT2D eigenvalue weighted by molar-refractivity contribution is 5.85. The molecule has 0 amide bonds. The van der Waals surface area contributed by atoms with E-state index >= 15 is 0 Å². The molecule has 1 heterocycles. The molecular formula is C25H34O7. The molecule has 0 aromatic heterocycles. The molecular weight excluding hydrogens is 412 g/mol. The third-order valence-electron chi connectivity index (χ3n) is 10.2. The molecule has 32 heavy (non-hydrogen) atoms. The second-order valence-electron chi connectivity index (χ2n) is 11.2. The van der Waals surface area contributed by atoms with E-state index in [1.165, 1.54) is 6.92 Å². The van der Waals surface area contributed by atoms with E-state index in [9.17, 15) is 24.6 Å². The van der Waals surface area contributed by atoms with Crippen molar-refractivity contribution in [1.82, 2.24) is 0 Å². The van der Waals surface area contributed by atoms with E-state index in [-0.39, 0.29) is 47.6 Å². The summed E-state index contributed by atoms with van der Waals surface area (Å²) >= 11 is 0. The van der Waals surface area contributed by atoms with E-state index in [1.807, 2.05) is 0 Å². The first-order chi connectivity index (χ1) is 15.1. The summed E-state index contributed by atoms with van der Waals surface area (Å²) in [4.78, 5) is 35.8. The van der Waals surface area contributed by atoms with Crippen molar-refractivity contribution in [2.45, 2.75) is 88.9 Å². The summed E-state index contributed by atoms with van der Waals surface area (Å²) in [7, 11) is 0. The van der Waals surface area contributed by atoms with Crippen LogP contribution in [0.15, 0.2) is 11.6 Å². The number of aldehydes is 1. The van der Waals surface area contributed by atoms with Crippen LogP contribution in [0, 0.1) is 28.6 Å². The molecule has 1 aliphatic heterocycles. The van der Waals surface area contributed by atoms with Crippen LogP contribution in [0.3, 0.4) is 0 Å². The fraction of sp³-hybridized carbons (Fsp3) is 0.800. The molecule has 7 heteroatoms. The molecule has 0 bridgehead atoms. The largest absolute Gasteiger partial charge is 0.462 e. The minimum Gasteiger partial charge on any atom is -0.462 e. The Morgan fingerprint density at radius 2 is 1.88 bits per heavy atom. The Morgan fingerprint density at radius 3 is 2.53 bits per heavy atom. The Morgan fingerprint density at radius 1 is 1.12 bits per heavy atom. The van der Waals surface area contributed by atoms with Gasteiger partial charge in [-0.05, 0) is 74.7 Å². The third-order valence-corrected chi connectivity index (χ3v) is 10.2. The zero-order valence-electron chi connectivity index (χ0n) is 19.0. The zero-order valence-corrected chi connectivity index (χ0v) is 19.0. The highest BCUT2D eigenvalue weighted by atomic mass is 16.5. The van der Waals surface area contributed by atoms with Gasteiger partial charge in [0.25, 0.3) is 0 Å². The number of cyclic esters (lactones) is 1. The SMILES string of the molecule is CC(=O)O[C@@H]1CC[C@]2(C=O)[C@H]3CC[C@]4(C)[C@H](C5=CC(=O)OC5)CC[C@]4(O)[C@@H]3CC[C@@]2(O)C1. The molecule has 5 aliphatic rings. The highest BCUT2D eigenvalue weighted by Gasteiger charge is 2.71. The second kappa shape index (κ2) is 7.13. The van der Waals surface area contributed by atoms with E-state index in [2.05, 4.69) is 6.92 Å². The lowest BCUT2D eigenvalue weighted by atomic mass is 9.41. The van der Waals surface area contributed by atoms with Crippen LogP contribution in [0.5, 0.6) is 0 Å². The highest BCUT2D eigenvalue weighted by Crippen LogP contribution is 2.70. The standard InChI is InChI=1S/C25H34O7/c1-15(27)32-17-3-8-23(14-26)19-4-7-22(2)18(16-11-21(28)31-13-16)6-10-25(22,30)20(19)5-9-24(23,29)12-17/h11,14,17-20,29-30H,3-10,12-13H2,1-2H3/t17-,18+,19+,20-,22-,23+,24-,25+/m1/s1. The summed E-state index contributed by atoms with van der Waals surface area (Å²) < 4.78 is 10.6. The Balaban J connectivity index is 1.46. The summed E-state index contributed by atoms with van der Waals surface area (Å²) in [6.45, 7) is 3.81. The van der Waals surface area contributed by atoms with Crippen LogP contribution < -0.4 is 0 Å². The summed E-state index contributed by atoms with van der Waals surface area (Å²) in [5.74, 6) is -0.772. The van der Waals surface area contributed by atoms with E-state index in [0.29, 0.717) is 38.7 Å². The number of carbonyl (C=O) groups is 3. The molecule has 2 N–H and O–H groups in total. The van der Waals surface area contributed by atoms with Crippen LogP contribution in [0.2, 0.25) is 0 Å². The van der Waals surface area contributed by atoms with Crippen LogP contribution >= 0.6 is 0 Å². The molecule has 4 fully saturated rings. The molecule has 0 radical (unpaired) electrons. The lowest BCUT2D eigenvalue weighted by Crippen LogP contribution is -2.69. The van der Waals surface area contributed by atoms with E-state index in [1.54, 1.807) is 6.08 Å². The number of hydrogen-bond donors (Lipinski definition) is 2. The molecule has 0 unspecified atom stereocenters. The molecule has 7 nitrogen and oxygen atoms in total. The molecule has 0 spiro atoms. The van der Waals surface area contributed by atoms with Gasteiger partial charge >= 0.3 is 11.9 Å². The second-order valence-corrected chi connectivity index (χ2v) is 11.2. The van der Waals surface area contributed by atoms with Crippen molar-refractivity contribution < 1.29 is 34.1 Å². The van der Waals surface area contributed by atoms with Gasteiger partial charge in [-0.3, -0.25) is 4.79 Å². The number of ether oxygens (including phenoxy) is 2. The molecule has 176 valence electrons. The fourth-order valence-corrected chi connectivity index (χ4v) is 8.65. The molecule has 0 saturated heterocycles. The van der Waals surface area contributed by atoms with Crippen molar-refractivity contribution in [1.29, 1.82) is 0 Å². The molecule has 0 aromatic carbocycles. The Hall–Kier alpha value is -1.73. The zero-order chi connectivity index (χ0) is 22.9. The van der Waals surface area contributed by atoms with Crippen molar-refractivity contribution in [3.63, 3.8) is 0 Å². The van der Waals surface area contributed by atoms with E-state index in [0.717, 1.165) is 31.1 Å². The molecule has 0 aromatic rings. The van der Waals surface area contributed by atoms with Crippen molar-refractivity contribution in [3.8, 4) is 0 Å². The Bertz CT molecular complexity index is 882. The van der Waals surface area contributed by atoms with Gasteiger partial charge in [0.1, 0.15) is 19.0 Å². The lowest BCUT2D eigenvalue weighted by Gasteiger charge is -2.65. The minimum atomic E-state index is -1.22. The summed E-state index contributed by atoms with van der Waals surface area (Å²) in [5.41, 5.74) is -2.50. The first kappa shape index (κ1) is 22.1. The number of rotatable bonds is 3. The minimum absolute atomic E-state index is 0.0828. The van der Waals surface area contributed by atoms with Gasteiger partial charge in [-0.2, -0.15) is 0 Å². The van der Waals surface area contributed by atoms with Crippen molar-refractivity contribution in [3.05, 3.63) is 11.6 Å². The Labute approximate surface area is 188 Å². The van der Waals surface area contributed by atoms with Crippen molar-refractivity contribution >= 4 is 18.2 Å². The van der Waals surface area contributed by atoms with Crippen LogP contribution in [-0.4, -0.2) is 52.4 Å².